The highest BCUT2D eigenvalue weighted by Crippen LogP contribution is 2.18. The van der Waals surface area contributed by atoms with E-state index in [2.05, 4.69) is 22.1 Å². The summed E-state index contributed by atoms with van der Waals surface area (Å²) in [5.41, 5.74) is 5.97. The predicted octanol–water partition coefficient (Wildman–Crippen LogP) is 1.78. The molecule has 0 aliphatic carbocycles. The molecule has 2 rings (SSSR count). The molecule has 1 saturated heterocycles. The summed E-state index contributed by atoms with van der Waals surface area (Å²) in [5, 5.41) is 3.28. The lowest BCUT2D eigenvalue weighted by atomic mass is 9.97. The number of hydrogen-bond acceptors (Lipinski definition) is 4. The molecule has 1 amide bonds. The smallest absolute Gasteiger partial charge is 0.252 e. The second-order valence-electron chi connectivity index (χ2n) is 5.18. The number of carbonyl (C=O) groups excluding carboxylic acids is 1. The van der Waals surface area contributed by atoms with Crippen molar-refractivity contribution in [2.45, 2.75) is 19.8 Å². The van der Waals surface area contributed by atoms with Crippen molar-refractivity contribution in [3.05, 3.63) is 22.8 Å². The highest BCUT2D eigenvalue weighted by Gasteiger charge is 2.19. The average Bonchev–Trinajstić information content (AvgIpc) is 2.47. The van der Waals surface area contributed by atoms with Crippen LogP contribution in [-0.4, -0.2) is 42.0 Å². The maximum absolute atomic E-state index is 12.1. The van der Waals surface area contributed by atoms with Crippen LogP contribution < -0.4 is 11.1 Å². The summed E-state index contributed by atoms with van der Waals surface area (Å²) in [6, 6.07) is 1.51. The Labute approximate surface area is 124 Å². The number of nitrogen functional groups attached to an aromatic ring is 1. The third kappa shape index (κ3) is 3.84. The first kappa shape index (κ1) is 15.1. The second-order valence-corrected chi connectivity index (χ2v) is 5.58. The van der Waals surface area contributed by atoms with Crippen molar-refractivity contribution in [3.8, 4) is 0 Å². The van der Waals surface area contributed by atoms with Crippen molar-refractivity contribution in [1.82, 2.24) is 15.2 Å². The maximum Gasteiger partial charge on any atom is 0.252 e. The van der Waals surface area contributed by atoms with Crippen molar-refractivity contribution in [2.75, 3.05) is 31.9 Å². The standard InChI is InChI=1S/C14H21ClN4O/c1-2-19-5-3-10(4-6-19)8-18-14(20)11-7-13(16)17-9-12(11)15/h7,9-10H,2-6,8H2,1H3,(H2,16,17)(H,18,20). The number of nitrogens with zero attached hydrogens (tertiary/aromatic N) is 2. The van der Waals surface area contributed by atoms with Gasteiger partial charge in [0.15, 0.2) is 0 Å². The van der Waals surface area contributed by atoms with Gasteiger partial charge in [0.05, 0.1) is 10.6 Å². The average molecular weight is 297 g/mol. The number of carbonyl (C=O) groups is 1. The van der Waals surface area contributed by atoms with Gasteiger partial charge < -0.3 is 16.0 Å². The number of amides is 1. The number of hydrogen-bond donors (Lipinski definition) is 2. The predicted molar refractivity (Wildman–Crippen MR) is 80.8 cm³/mol. The summed E-state index contributed by atoms with van der Waals surface area (Å²) in [6.07, 6.45) is 3.66. The van der Waals surface area contributed by atoms with Crippen LogP contribution in [0.15, 0.2) is 12.3 Å². The normalized spacial score (nSPS) is 17.1. The largest absolute Gasteiger partial charge is 0.384 e. The second kappa shape index (κ2) is 6.90. The van der Waals surface area contributed by atoms with E-state index in [1.54, 1.807) is 0 Å². The molecule has 0 radical (unpaired) electrons. The SMILES string of the molecule is CCN1CCC(CNC(=O)c2cc(N)ncc2Cl)CC1. The van der Waals surface area contributed by atoms with Gasteiger partial charge in [-0.1, -0.05) is 18.5 Å². The third-order valence-corrected chi connectivity index (χ3v) is 4.13. The van der Waals surface area contributed by atoms with Crippen LogP contribution in [0.3, 0.4) is 0 Å². The van der Waals surface area contributed by atoms with Crippen LogP contribution in [0, 0.1) is 5.92 Å². The van der Waals surface area contributed by atoms with E-state index in [0.29, 0.717) is 28.9 Å². The number of rotatable bonds is 4. The molecule has 5 nitrogen and oxygen atoms in total. The molecular weight excluding hydrogens is 276 g/mol. The number of likely N-dealkylation sites (tertiary alicyclic amines) is 1. The van der Waals surface area contributed by atoms with E-state index in [1.807, 2.05) is 0 Å². The number of aromatic nitrogens is 1. The van der Waals surface area contributed by atoms with E-state index in [0.717, 1.165) is 32.5 Å². The monoisotopic (exact) mass is 296 g/mol. The summed E-state index contributed by atoms with van der Waals surface area (Å²) in [7, 11) is 0. The van der Waals surface area contributed by atoms with Gasteiger partial charge in [-0.2, -0.15) is 0 Å². The molecule has 0 saturated carbocycles. The molecule has 1 aromatic heterocycles. The molecule has 3 N–H and O–H groups in total. The lowest BCUT2D eigenvalue weighted by Crippen LogP contribution is -2.38. The Bertz CT molecular complexity index is 472. The molecule has 1 aliphatic heterocycles. The summed E-state index contributed by atoms with van der Waals surface area (Å²) < 4.78 is 0. The first-order valence-corrected chi connectivity index (χ1v) is 7.39. The molecule has 1 aliphatic rings. The van der Waals surface area contributed by atoms with Gasteiger partial charge in [0.1, 0.15) is 5.82 Å². The molecular formula is C14H21ClN4O. The molecule has 6 heteroatoms. The van der Waals surface area contributed by atoms with Gasteiger partial charge in [0.25, 0.3) is 5.91 Å². The minimum absolute atomic E-state index is 0.179. The molecule has 0 unspecified atom stereocenters. The van der Waals surface area contributed by atoms with E-state index in [1.165, 1.54) is 12.3 Å². The number of piperidine rings is 1. The van der Waals surface area contributed by atoms with Gasteiger partial charge in [0, 0.05) is 12.7 Å². The van der Waals surface area contributed by atoms with E-state index in [4.69, 9.17) is 17.3 Å². The van der Waals surface area contributed by atoms with Crippen LogP contribution in [0.5, 0.6) is 0 Å². The summed E-state index contributed by atoms with van der Waals surface area (Å²) in [5.74, 6) is 0.664. The number of nitrogens with two attached hydrogens (primary N) is 1. The van der Waals surface area contributed by atoms with Gasteiger partial charge in [-0.3, -0.25) is 4.79 Å². The molecule has 110 valence electrons. The minimum Gasteiger partial charge on any atom is -0.384 e. The highest BCUT2D eigenvalue weighted by atomic mass is 35.5. The van der Waals surface area contributed by atoms with Crippen molar-refractivity contribution < 1.29 is 4.79 Å². The number of nitrogens with one attached hydrogen (secondary N) is 1. The van der Waals surface area contributed by atoms with Gasteiger partial charge in [-0.05, 0) is 44.5 Å². The molecule has 1 aromatic rings. The summed E-state index contributed by atoms with van der Waals surface area (Å²) >= 11 is 5.96. The number of halogens is 1. The fourth-order valence-electron chi connectivity index (χ4n) is 2.47. The lowest BCUT2D eigenvalue weighted by Gasteiger charge is -2.31. The van der Waals surface area contributed by atoms with E-state index >= 15 is 0 Å². The first-order chi connectivity index (χ1) is 9.60. The molecule has 0 atom stereocenters. The Morgan fingerprint density at radius 3 is 2.90 bits per heavy atom. The zero-order valence-electron chi connectivity index (χ0n) is 11.7. The van der Waals surface area contributed by atoms with Crippen molar-refractivity contribution in [3.63, 3.8) is 0 Å². The molecule has 0 spiro atoms. The Morgan fingerprint density at radius 1 is 1.55 bits per heavy atom. The van der Waals surface area contributed by atoms with Gasteiger partial charge in [-0.15, -0.1) is 0 Å². The van der Waals surface area contributed by atoms with Crippen LogP contribution in [-0.2, 0) is 0 Å². The highest BCUT2D eigenvalue weighted by molar-refractivity contribution is 6.33. The quantitative estimate of drug-likeness (QED) is 0.888. The molecule has 20 heavy (non-hydrogen) atoms. The minimum atomic E-state index is -0.179. The van der Waals surface area contributed by atoms with E-state index in [9.17, 15) is 4.79 Å². The lowest BCUT2D eigenvalue weighted by molar-refractivity contribution is 0.0937. The zero-order valence-corrected chi connectivity index (χ0v) is 12.5. The summed E-state index contributed by atoms with van der Waals surface area (Å²) in [4.78, 5) is 18.4. The van der Waals surface area contributed by atoms with Crippen molar-refractivity contribution >= 4 is 23.3 Å². The summed E-state index contributed by atoms with van der Waals surface area (Å²) in [6.45, 7) is 6.19. The molecule has 2 heterocycles. The number of anilines is 1. The van der Waals surface area contributed by atoms with Crippen molar-refractivity contribution in [1.29, 1.82) is 0 Å². The topological polar surface area (TPSA) is 71.2 Å². The van der Waals surface area contributed by atoms with Crippen LogP contribution in [0.4, 0.5) is 5.82 Å². The first-order valence-electron chi connectivity index (χ1n) is 7.01. The van der Waals surface area contributed by atoms with Gasteiger partial charge in [0.2, 0.25) is 0 Å². The van der Waals surface area contributed by atoms with Crippen LogP contribution in [0.1, 0.15) is 30.1 Å². The Kier molecular flexibility index (Phi) is 5.20. The van der Waals surface area contributed by atoms with Crippen LogP contribution in [0.2, 0.25) is 5.02 Å². The van der Waals surface area contributed by atoms with E-state index in [-0.39, 0.29) is 5.91 Å². The van der Waals surface area contributed by atoms with Gasteiger partial charge in [-0.25, -0.2) is 4.98 Å². The number of pyridine rings is 1. The molecule has 1 fully saturated rings. The third-order valence-electron chi connectivity index (χ3n) is 3.83. The maximum atomic E-state index is 12.1. The fourth-order valence-corrected chi connectivity index (χ4v) is 2.66. The zero-order chi connectivity index (χ0) is 14.5. The van der Waals surface area contributed by atoms with Gasteiger partial charge >= 0.3 is 0 Å². The molecule has 0 bridgehead atoms. The van der Waals surface area contributed by atoms with Crippen molar-refractivity contribution in [2.24, 2.45) is 5.92 Å². The Balaban J connectivity index is 1.85. The van der Waals surface area contributed by atoms with Crippen LogP contribution in [0.25, 0.3) is 0 Å². The Hall–Kier alpha value is -1.33. The Morgan fingerprint density at radius 2 is 2.25 bits per heavy atom. The molecule has 0 aromatic carbocycles. The fraction of sp³-hybridized carbons (Fsp3) is 0.571. The van der Waals surface area contributed by atoms with Crippen LogP contribution >= 0.6 is 11.6 Å². The van der Waals surface area contributed by atoms with E-state index < -0.39 is 0 Å².